The van der Waals surface area contributed by atoms with E-state index in [0.29, 0.717) is 32.7 Å². The van der Waals surface area contributed by atoms with Gasteiger partial charge in [-0.25, -0.2) is 0 Å². The van der Waals surface area contributed by atoms with Crippen LogP contribution in [-0.2, 0) is 14.3 Å². The molecule has 0 saturated carbocycles. The van der Waals surface area contributed by atoms with Crippen molar-refractivity contribution in [2.45, 2.75) is 19.8 Å². The van der Waals surface area contributed by atoms with Gasteiger partial charge in [0.25, 0.3) is 0 Å². The number of carboxylic acid groups (broad SMARTS) is 2. The van der Waals surface area contributed by atoms with Crippen LogP contribution in [0.15, 0.2) is 0 Å². The number of aliphatic carboxylic acids is 2. The Labute approximate surface area is 101 Å². The van der Waals surface area contributed by atoms with Crippen molar-refractivity contribution in [3.8, 4) is 0 Å². The van der Waals surface area contributed by atoms with Crippen LogP contribution in [-0.4, -0.2) is 60.4 Å². The minimum Gasteiger partial charge on any atom is -0.481 e. The molecule has 0 radical (unpaired) electrons. The summed E-state index contributed by atoms with van der Waals surface area (Å²) >= 11 is 0. The molecule has 6 nitrogen and oxygen atoms in total. The van der Waals surface area contributed by atoms with Gasteiger partial charge in [-0.05, 0) is 13.0 Å². The minimum absolute atomic E-state index is 0.102. The number of hydrogen-bond donors (Lipinski definition) is 2. The van der Waals surface area contributed by atoms with Gasteiger partial charge in [0.2, 0.25) is 0 Å². The van der Waals surface area contributed by atoms with Gasteiger partial charge in [0.05, 0.1) is 12.5 Å². The van der Waals surface area contributed by atoms with E-state index in [1.54, 1.807) is 14.0 Å². The number of rotatable bonds is 10. The molecule has 1 atom stereocenters. The first-order chi connectivity index (χ1) is 7.97. The van der Waals surface area contributed by atoms with E-state index in [9.17, 15) is 9.59 Å². The molecule has 0 spiro atoms. The maximum absolute atomic E-state index is 10.7. The van der Waals surface area contributed by atoms with Crippen LogP contribution in [0.3, 0.4) is 0 Å². The van der Waals surface area contributed by atoms with E-state index in [1.165, 1.54) is 0 Å². The first kappa shape index (κ1) is 15.9. The van der Waals surface area contributed by atoms with Crippen molar-refractivity contribution < 1.29 is 24.5 Å². The molecule has 0 heterocycles. The number of carbonyl (C=O) groups is 2. The zero-order valence-corrected chi connectivity index (χ0v) is 10.4. The molecular weight excluding hydrogens is 226 g/mol. The Balaban J connectivity index is 4.03. The molecule has 17 heavy (non-hydrogen) atoms. The fourth-order valence-electron chi connectivity index (χ4n) is 1.43. The second-order valence-electron chi connectivity index (χ2n) is 4.03. The average molecular weight is 247 g/mol. The second kappa shape index (κ2) is 8.95. The first-order valence-corrected chi connectivity index (χ1v) is 5.63. The lowest BCUT2D eigenvalue weighted by Crippen LogP contribution is -2.35. The van der Waals surface area contributed by atoms with Crippen molar-refractivity contribution in [2.24, 2.45) is 5.92 Å². The van der Waals surface area contributed by atoms with Crippen LogP contribution in [0.5, 0.6) is 0 Å². The SMILES string of the molecule is COCCN(CCCC(=O)O)CC(C)C(=O)O. The predicted molar refractivity (Wildman–Crippen MR) is 62.0 cm³/mol. The predicted octanol–water partition coefficient (Wildman–Crippen LogP) is 0.520. The summed E-state index contributed by atoms with van der Waals surface area (Å²) in [5, 5.41) is 17.4. The number of hydrogen-bond acceptors (Lipinski definition) is 4. The largest absolute Gasteiger partial charge is 0.481 e. The van der Waals surface area contributed by atoms with Gasteiger partial charge in [-0.3, -0.25) is 9.59 Å². The van der Waals surface area contributed by atoms with Gasteiger partial charge in [-0.1, -0.05) is 6.92 Å². The van der Waals surface area contributed by atoms with E-state index in [-0.39, 0.29) is 6.42 Å². The van der Waals surface area contributed by atoms with Crippen molar-refractivity contribution >= 4 is 11.9 Å². The average Bonchev–Trinajstić information content (AvgIpc) is 2.24. The quantitative estimate of drug-likeness (QED) is 0.585. The molecule has 1 unspecified atom stereocenters. The van der Waals surface area contributed by atoms with Gasteiger partial charge in [0.1, 0.15) is 0 Å². The Bertz CT molecular complexity index is 244. The number of carboxylic acids is 2. The summed E-state index contributed by atoms with van der Waals surface area (Å²) in [5.74, 6) is -2.13. The summed E-state index contributed by atoms with van der Waals surface area (Å²) in [6.07, 6.45) is 0.621. The van der Waals surface area contributed by atoms with Gasteiger partial charge >= 0.3 is 11.9 Å². The first-order valence-electron chi connectivity index (χ1n) is 5.63. The summed E-state index contributed by atoms with van der Waals surface area (Å²) in [7, 11) is 1.58. The van der Waals surface area contributed by atoms with Crippen LogP contribution in [0.25, 0.3) is 0 Å². The van der Waals surface area contributed by atoms with Crippen LogP contribution >= 0.6 is 0 Å². The van der Waals surface area contributed by atoms with Crippen molar-refractivity contribution in [3.63, 3.8) is 0 Å². The topological polar surface area (TPSA) is 87.1 Å². The smallest absolute Gasteiger partial charge is 0.307 e. The van der Waals surface area contributed by atoms with E-state index >= 15 is 0 Å². The highest BCUT2D eigenvalue weighted by atomic mass is 16.5. The van der Waals surface area contributed by atoms with Gasteiger partial charge < -0.3 is 19.8 Å². The van der Waals surface area contributed by atoms with Crippen molar-refractivity contribution in [3.05, 3.63) is 0 Å². The Kier molecular flexibility index (Phi) is 8.35. The van der Waals surface area contributed by atoms with E-state index in [2.05, 4.69) is 0 Å². The van der Waals surface area contributed by atoms with Crippen molar-refractivity contribution in [2.75, 3.05) is 33.4 Å². The minimum atomic E-state index is -0.842. The molecule has 0 aliphatic heterocycles. The third-order valence-electron chi connectivity index (χ3n) is 2.43. The van der Waals surface area contributed by atoms with Gasteiger partial charge in [0, 0.05) is 26.6 Å². The Morgan fingerprint density at radius 2 is 1.94 bits per heavy atom. The van der Waals surface area contributed by atoms with Gasteiger partial charge in [0.15, 0.2) is 0 Å². The van der Waals surface area contributed by atoms with Gasteiger partial charge in [-0.2, -0.15) is 0 Å². The highest BCUT2D eigenvalue weighted by Crippen LogP contribution is 2.03. The maximum Gasteiger partial charge on any atom is 0.307 e. The number of methoxy groups -OCH3 is 1. The third-order valence-corrected chi connectivity index (χ3v) is 2.43. The zero-order valence-electron chi connectivity index (χ0n) is 10.4. The normalized spacial score (nSPS) is 12.6. The van der Waals surface area contributed by atoms with Crippen LogP contribution in [0.4, 0.5) is 0 Å². The molecule has 0 fully saturated rings. The second-order valence-corrected chi connectivity index (χ2v) is 4.03. The lowest BCUT2D eigenvalue weighted by atomic mass is 10.1. The number of nitrogens with zero attached hydrogens (tertiary/aromatic N) is 1. The highest BCUT2D eigenvalue weighted by Gasteiger charge is 2.15. The summed E-state index contributed by atoms with van der Waals surface area (Å²) in [6, 6.07) is 0. The summed E-state index contributed by atoms with van der Waals surface area (Å²) in [4.78, 5) is 23.0. The molecule has 2 N–H and O–H groups in total. The lowest BCUT2D eigenvalue weighted by Gasteiger charge is -2.23. The van der Waals surface area contributed by atoms with E-state index < -0.39 is 17.9 Å². The van der Waals surface area contributed by atoms with Crippen LogP contribution in [0.1, 0.15) is 19.8 Å². The van der Waals surface area contributed by atoms with Crippen LogP contribution < -0.4 is 0 Å². The Hall–Kier alpha value is -1.14. The Morgan fingerprint density at radius 1 is 1.29 bits per heavy atom. The van der Waals surface area contributed by atoms with Crippen LogP contribution in [0, 0.1) is 5.92 Å². The van der Waals surface area contributed by atoms with Crippen molar-refractivity contribution in [1.82, 2.24) is 4.90 Å². The molecule has 0 aromatic carbocycles. The highest BCUT2D eigenvalue weighted by molar-refractivity contribution is 5.69. The van der Waals surface area contributed by atoms with Gasteiger partial charge in [-0.15, -0.1) is 0 Å². The molecular formula is C11H21NO5. The lowest BCUT2D eigenvalue weighted by molar-refractivity contribution is -0.142. The third kappa shape index (κ3) is 8.65. The van der Waals surface area contributed by atoms with Crippen molar-refractivity contribution in [1.29, 1.82) is 0 Å². The molecule has 0 aromatic rings. The zero-order chi connectivity index (χ0) is 13.3. The Morgan fingerprint density at radius 3 is 2.41 bits per heavy atom. The van der Waals surface area contributed by atoms with E-state index in [0.717, 1.165) is 0 Å². The molecule has 0 bridgehead atoms. The standard InChI is InChI=1S/C11H21NO5/c1-9(11(15)16)8-12(6-7-17-2)5-3-4-10(13)14/h9H,3-8H2,1-2H3,(H,13,14)(H,15,16). The molecule has 0 aromatic heterocycles. The number of ether oxygens (including phenoxy) is 1. The summed E-state index contributed by atoms with van der Waals surface area (Å²) < 4.78 is 4.94. The molecule has 100 valence electrons. The summed E-state index contributed by atoms with van der Waals surface area (Å²) in [6.45, 7) is 3.76. The fraction of sp³-hybridized carbons (Fsp3) is 0.818. The monoisotopic (exact) mass is 247 g/mol. The fourth-order valence-corrected chi connectivity index (χ4v) is 1.43. The molecule has 6 heteroatoms. The maximum atomic E-state index is 10.7. The van der Waals surface area contributed by atoms with E-state index in [4.69, 9.17) is 14.9 Å². The molecule has 0 aliphatic rings. The molecule has 0 saturated heterocycles. The van der Waals surface area contributed by atoms with E-state index in [1.807, 2.05) is 4.90 Å². The van der Waals surface area contributed by atoms with Crippen LogP contribution in [0.2, 0.25) is 0 Å². The summed E-state index contributed by atoms with van der Waals surface area (Å²) in [5.41, 5.74) is 0. The molecule has 0 rings (SSSR count). The molecule has 0 aliphatic carbocycles. The molecule has 0 amide bonds.